The highest BCUT2D eigenvalue weighted by Crippen LogP contribution is 2.30. The Hall–Kier alpha value is -4.72. The van der Waals surface area contributed by atoms with Gasteiger partial charge in [0.15, 0.2) is 0 Å². The third-order valence-electron chi connectivity index (χ3n) is 19.8. The molecule has 1 rings (SSSR count). The number of aromatic nitrogens is 1. The lowest BCUT2D eigenvalue weighted by molar-refractivity contribution is -0.128. The number of hydrogen-bond acceptors (Lipinski definition) is 13. The van der Waals surface area contributed by atoms with Crippen molar-refractivity contribution < 1.29 is 58.1 Å². The summed E-state index contributed by atoms with van der Waals surface area (Å²) in [5.74, 6) is 6.89. The zero-order valence-electron chi connectivity index (χ0n) is 76.6. The number of nitrogens with zero attached hydrogens (tertiary/aromatic N) is 1. The van der Waals surface area contributed by atoms with Crippen LogP contribution in [0.2, 0.25) is 0 Å². The van der Waals surface area contributed by atoms with Gasteiger partial charge < -0.3 is 57.2 Å². The lowest BCUT2D eigenvalue weighted by Crippen LogP contribution is -2.42. The number of amides is 5. The molecule has 0 saturated carbocycles. The summed E-state index contributed by atoms with van der Waals surface area (Å²) in [6, 6.07) is 5.73. The summed E-state index contributed by atoms with van der Waals surface area (Å²) in [4.78, 5) is 95.8. The lowest BCUT2D eigenvalue weighted by Gasteiger charge is -2.27. The molecule has 9 atom stereocenters. The maximum Gasteiger partial charge on any atom is 0.223 e. The minimum atomic E-state index is -0.830. The SMILES string of the molecule is CCCC[C@@H](C(C)C)C(CF)CC(C)=O.CCCC[C@H](CCC(C)=O)C(C)C.CCC[C@@H](C(=O)CC)C(C)C.CCC[C@@H](C(=O)NCC(C)(C)O)C(C)C.CCC[C@@H](C(=O)NCCN)C(C)C.CCC[C@@H](C(=O)NCCO)C(C)C.CCC[C@@H](C(=O)NCc1ccccn1)C(C)C.CCC[C@H](C(=O)NCCO)C(C)C. The molecule has 1 heterocycles. The number of aliphatic hydroxyl groups excluding tert-OH is 2. The van der Waals surface area contributed by atoms with Gasteiger partial charge in [-0.05, 0) is 156 Å². The van der Waals surface area contributed by atoms with Gasteiger partial charge in [0.1, 0.15) is 17.3 Å². The summed E-state index contributed by atoms with van der Waals surface area (Å²) in [5, 5.41) is 40.6. The fourth-order valence-corrected chi connectivity index (χ4v) is 12.9. The molecule has 0 bridgehead atoms. The molecule has 0 aromatic carbocycles. The van der Waals surface area contributed by atoms with Gasteiger partial charge in [0.25, 0.3) is 0 Å². The van der Waals surface area contributed by atoms with Crippen LogP contribution in [0.3, 0.4) is 0 Å². The van der Waals surface area contributed by atoms with E-state index in [-0.39, 0.29) is 90.7 Å². The molecular formula is C91H180FN7O11. The highest BCUT2D eigenvalue weighted by atomic mass is 19.1. The van der Waals surface area contributed by atoms with E-state index in [1.165, 1.54) is 19.3 Å². The molecule has 0 fully saturated rings. The molecule has 0 aliphatic heterocycles. The third kappa shape index (κ3) is 68.8. The van der Waals surface area contributed by atoms with E-state index in [0.29, 0.717) is 117 Å². The average Bonchev–Trinajstić information content (AvgIpc) is 0.918. The van der Waals surface area contributed by atoms with Crippen LogP contribution in [0.1, 0.15) is 348 Å². The van der Waals surface area contributed by atoms with Crippen molar-refractivity contribution in [1.82, 2.24) is 31.6 Å². The average molecular weight is 1570 g/mol. The van der Waals surface area contributed by atoms with Crippen molar-refractivity contribution in [2.45, 2.75) is 354 Å². The van der Waals surface area contributed by atoms with E-state index in [0.717, 1.165) is 127 Å². The lowest BCUT2D eigenvalue weighted by atomic mass is 9.78. The second-order valence-corrected chi connectivity index (χ2v) is 33.6. The third-order valence-corrected chi connectivity index (χ3v) is 19.8. The zero-order valence-corrected chi connectivity index (χ0v) is 76.6. The van der Waals surface area contributed by atoms with Gasteiger partial charge in [-0.3, -0.25) is 38.1 Å². The molecule has 0 aliphatic rings. The number of alkyl halides is 1. The van der Waals surface area contributed by atoms with E-state index in [4.69, 9.17) is 15.9 Å². The molecular weight excluding hydrogens is 1390 g/mol. The first kappa shape index (κ1) is 119. The maximum absolute atomic E-state index is 12.9. The second-order valence-electron chi connectivity index (χ2n) is 33.6. The maximum atomic E-state index is 12.9. The van der Waals surface area contributed by atoms with Crippen molar-refractivity contribution >= 4 is 46.9 Å². The van der Waals surface area contributed by atoms with Gasteiger partial charge in [-0.2, -0.15) is 0 Å². The van der Waals surface area contributed by atoms with Crippen molar-refractivity contribution in [2.24, 2.45) is 106 Å². The zero-order chi connectivity index (χ0) is 86.5. The summed E-state index contributed by atoms with van der Waals surface area (Å²) in [7, 11) is 0. The topological polar surface area (TPSA) is 296 Å². The van der Waals surface area contributed by atoms with Gasteiger partial charge in [0.2, 0.25) is 29.5 Å². The van der Waals surface area contributed by atoms with Gasteiger partial charge >= 0.3 is 0 Å². The predicted octanol–water partition coefficient (Wildman–Crippen LogP) is 19.1. The van der Waals surface area contributed by atoms with Crippen molar-refractivity contribution in [1.29, 1.82) is 0 Å². The van der Waals surface area contributed by atoms with Crippen LogP contribution in [-0.4, -0.2) is 125 Å². The quantitative estimate of drug-likeness (QED) is 0.0294. The monoisotopic (exact) mass is 1570 g/mol. The molecule has 110 heavy (non-hydrogen) atoms. The molecule has 1 unspecified atom stereocenters. The summed E-state index contributed by atoms with van der Waals surface area (Å²) >= 11 is 0. The Morgan fingerprint density at radius 1 is 0.436 bits per heavy atom. The molecule has 10 N–H and O–H groups in total. The number of carbonyl (C=O) groups excluding carboxylic acids is 8. The molecule has 1 aromatic heterocycles. The van der Waals surface area contributed by atoms with Gasteiger partial charge in [-0.25, -0.2) is 0 Å². The van der Waals surface area contributed by atoms with E-state index in [9.17, 15) is 47.9 Å². The van der Waals surface area contributed by atoms with Crippen molar-refractivity contribution in [3.05, 3.63) is 30.1 Å². The van der Waals surface area contributed by atoms with Crippen molar-refractivity contribution in [3.8, 4) is 0 Å². The van der Waals surface area contributed by atoms with Crippen LogP contribution in [0.5, 0.6) is 0 Å². The van der Waals surface area contributed by atoms with Crippen LogP contribution >= 0.6 is 0 Å². The van der Waals surface area contributed by atoms with E-state index in [1.807, 2.05) is 25.1 Å². The van der Waals surface area contributed by atoms with E-state index in [2.05, 4.69) is 198 Å². The summed E-state index contributed by atoms with van der Waals surface area (Å²) in [6.45, 7) is 61.7. The number of carbonyl (C=O) groups is 8. The van der Waals surface area contributed by atoms with Gasteiger partial charge in [-0.1, -0.05) is 250 Å². The number of Topliss-reactive ketones (excluding diaryl/α,β-unsaturated/α-hetero) is 3. The molecule has 5 amide bonds. The number of pyridine rings is 1. The summed E-state index contributed by atoms with van der Waals surface area (Å²) < 4.78 is 12.9. The van der Waals surface area contributed by atoms with Crippen LogP contribution in [0.4, 0.5) is 4.39 Å². The van der Waals surface area contributed by atoms with Crippen molar-refractivity contribution in [3.63, 3.8) is 0 Å². The number of unbranched alkanes of at least 4 members (excludes halogenated alkanes) is 2. The molecule has 19 heteroatoms. The van der Waals surface area contributed by atoms with Gasteiger partial charge in [-0.15, -0.1) is 0 Å². The Kier molecular flexibility index (Phi) is 82.8. The van der Waals surface area contributed by atoms with Crippen LogP contribution in [-0.2, 0) is 44.9 Å². The van der Waals surface area contributed by atoms with E-state index < -0.39 is 5.60 Å². The van der Waals surface area contributed by atoms with Crippen LogP contribution in [0.15, 0.2) is 24.4 Å². The standard InChI is InChI=1S/C14H22N2O.C13H25FO.C12H25NO2.C12H24O.C10H22N2O.2C10H21NO2.C10H20O/c1-4-7-13(11(2)3)14(17)16-10-12-8-5-6-9-15-12;1-5-6-7-13(10(2)3)12(9-14)8-11(4)15;1-6-7-10(9(2)3)11(14)13-8-12(4,5)15;1-5-6-7-12(10(2)3)9-8-11(4)13;1-4-5-9(8(2)3)10(13)12-7-6-11;2*1-4-5-9(8(2)3)10(13)11-6-7-12;1-5-7-9(8(3)4)10(11)6-2/h5-6,8-9,11,13H,4,7,10H2,1-3H3,(H,16,17);10,12-13H,5-9H2,1-4H3;9-10,15H,6-8H2,1-5H3,(H,13,14);10,12H,5-9H2,1-4H3;8-9H,4-7,11H2,1-3H3,(H,12,13);2*8-9,12H,4-7H2,1-3H3,(H,11,13);8-9H,5-7H2,1-4H3/t13-;12?,13-;10-;12-;4*9-/m10111101/s1. The van der Waals surface area contributed by atoms with Gasteiger partial charge in [0, 0.05) is 93.7 Å². The predicted molar refractivity (Wildman–Crippen MR) is 463 cm³/mol. The molecule has 0 radical (unpaired) electrons. The Bertz CT molecular complexity index is 2270. The number of ketones is 3. The number of nitrogens with one attached hydrogen (secondary N) is 5. The van der Waals surface area contributed by atoms with Crippen LogP contribution in [0, 0.1) is 101 Å². The minimum absolute atomic E-state index is 0.0165. The second kappa shape index (κ2) is 76.9. The minimum Gasteiger partial charge on any atom is -0.395 e. The fourth-order valence-electron chi connectivity index (χ4n) is 12.9. The molecule has 0 aliphatic carbocycles. The van der Waals surface area contributed by atoms with Crippen LogP contribution < -0.4 is 32.3 Å². The summed E-state index contributed by atoms with van der Waals surface area (Å²) in [5.41, 5.74) is 5.38. The van der Waals surface area contributed by atoms with Gasteiger partial charge in [0.05, 0.1) is 37.7 Å². The first-order chi connectivity index (χ1) is 51.5. The molecule has 0 saturated heterocycles. The number of nitrogens with two attached hydrogens (primary N) is 1. The largest absolute Gasteiger partial charge is 0.395 e. The number of rotatable bonds is 50. The highest BCUT2D eigenvalue weighted by Gasteiger charge is 2.28. The summed E-state index contributed by atoms with van der Waals surface area (Å²) in [6.07, 6.45) is 23.9. The van der Waals surface area contributed by atoms with Crippen molar-refractivity contribution in [2.75, 3.05) is 52.6 Å². The fraction of sp³-hybridized carbons (Fsp3) is 0.857. The molecule has 0 spiro atoms. The number of halogens is 1. The molecule has 1 aromatic rings. The Morgan fingerprint density at radius 2 is 0.791 bits per heavy atom. The first-order valence-corrected chi connectivity index (χ1v) is 43.5. The van der Waals surface area contributed by atoms with Crippen LogP contribution in [0.25, 0.3) is 0 Å². The highest BCUT2D eigenvalue weighted by molar-refractivity contribution is 5.82. The number of aliphatic hydroxyl groups is 3. The van der Waals surface area contributed by atoms with E-state index in [1.54, 1.807) is 33.9 Å². The first-order valence-electron chi connectivity index (χ1n) is 43.5. The Morgan fingerprint density at radius 3 is 1.06 bits per heavy atom. The normalized spacial score (nSPS) is 13.5. The molecule has 652 valence electrons. The smallest absolute Gasteiger partial charge is 0.223 e. The molecule has 18 nitrogen and oxygen atoms in total. The Balaban J connectivity index is -0.000000221. The Labute approximate surface area is 676 Å². The van der Waals surface area contributed by atoms with E-state index >= 15 is 0 Å². The number of hydrogen-bond donors (Lipinski definition) is 9.